The molecular weight excluding hydrogens is 240 g/mol. The van der Waals surface area contributed by atoms with Crippen molar-refractivity contribution in [2.45, 2.75) is 61.3 Å². The molecule has 0 radical (unpaired) electrons. The number of rotatable bonds is 6. The summed E-state index contributed by atoms with van der Waals surface area (Å²) in [5.41, 5.74) is 1.19. The fourth-order valence-corrected chi connectivity index (χ4v) is 1.08. The molecule has 0 atom stereocenters. The molecular formula is C15H30N2O2. The Bertz CT molecular complexity index is 309. The first kappa shape index (κ1) is 17.9. The van der Waals surface area contributed by atoms with Gasteiger partial charge in [0.25, 0.3) is 0 Å². The minimum Gasteiger partial charge on any atom is -0.395 e. The van der Waals surface area contributed by atoms with Crippen molar-refractivity contribution in [3.63, 3.8) is 0 Å². The summed E-state index contributed by atoms with van der Waals surface area (Å²) in [5.74, 6) is 0.0212. The maximum Gasteiger partial charge on any atom is 0.223 e. The van der Waals surface area contributed by atoms with Gasteiger partial charge in [0.15, 0.2) is 0 Å². The molecule has 0 fully saturated rings. The summed E-state index contributed by atoms with van der Waals surface area (Å²) in [5, 5.41) is 6.91. The Morgan fingerprint density at radius 2 is 1.74 bits per heavy atom. The molecule has 0 aliphatic rings. The van der Waals surface area contributed by atoms with Crippen LogP contribution in [0.4, 0.5) is 0 Å². The van der Waals surface area contributed by atoms with Gasteiger partial charge in [-0.2, -0.15) is 0 Å². The number of hydrogen-bond donors (Lipinski definition) is 1. The Kier molecular flexibility index (Phi) is 7.09. The summed E-state index contributed by atoms with van der Waals surface area (Å²) < 4.78 is 0. The zero-order valence-electron chi connectivity index (χ0n) is 13.6. The molecule has 0 aromatic carbocycles. The van der Waals surface area contributed by atoms with Crippen molar-refractivity contribution in [1.29, 1.82) is 0 Å². The van der Waals surface area contributed by atoms with E-state index in [2.05, 4.69) is 52.0 Å². The van der Waals surface area contributed by atoms with Crippen molar-refractivity contribution >= 4 is 11.6 Å². The number of oxime groups is 1. The molecule has 0 aliphatic heterocycles. The molecule has 0 spiro atoms. The third-order valence-corrected chi connectivity index (χ3v) is 2.90. The highest BCUT2D eigenvalue weighted by atomic mass is 16.6. The normalized spacial score (nSPS) is 13.3. The van der Waals surface area contributed by atoms with Gasteiger partial charge in [-0.05, 0) is 18.8 Å². The Labute approximate surface area is 118 Å². The van der Waals surface area contributed by atoms with E-state index in [1.54, 1.807) is 0 Å². The number of nitrogens with one attached hydrogen (secondary N) is 1. The Morgan fingerprint density at radius 3 is 2.21 bits per heavy atom. The van der Waals surface area contributed by atoms with Crippen LogP contribution in [0.1, 0.15) is 61.3 Å². The van der Waals surface area contributed by atoms with Crippen LogP contribution in [0.5, 0.6) is 0 Å². The lowest BCUT2D eigenvalue weighted by Gasteiger charge is -2.18. The zero-order valence-corrected chi connectivity index (χ0v) is 13.6. The van der Waals surface area contributed by atoms with Crippen LogP contribution in [0.2, 0.25) is 0 Å². The van der Waals surface area contributed by atoms with Crippen molar-refractivity contribution in [1.82, 2.24) is 5.32 Å². The van der Waals surface area contributed by atoms with Gasteiger partial charge >= 0.3 is 0 Å². The highest BCUT2D eigenvalue weighted by Gasteiger charge is 2.15. The average Bonchev–Trinajstić information content (AvgIpc) is 2.20. The molecule has 0 aliphatic carbocycles. The molecule has 19 heavy (non-hydrogen) atoms. The van der Waals surface area contributed by atoms with Gasteiger partial charge in [0, 0.05) is 12.0 Å². The zero-order chi connectivity index (χ0) is 15.1. The van der Waals surface area contributed by atoms with E-state index >= 15 is 0 Å². The minimum atomic E-state index is 0.00890. The standard InChI is InChI=1S/C15H30N2O2/c1-12(15(5,6)7)17-19-11-8-13(18)16-10-9-14(2,3)4/h8-11H2,1-7H3,(H,16,18)/b17-12-. The fraction of sp³-hybridized carbons (Fsp3) is 0.867. The van der Waals surface area contributed by atoms with Gasteiger partial charge in [-0.15, -0.1) is 0 Å². The molecule has 0 aromatic heterocycles. The Morgan fingerprint density at radius 1 is 1.16 bits per heavy atom. The average molecular weight is 270 g/mol. The molecule has 1 N–H and O–H groups in total. The van der Waals surface area contributed by atoms with Crippen molar-refractivity contribution in [2.75, 3.05) is 13.2 Å². The van der Waals surface area contributed by atoms with E-state index in [1.807, 2.05) is 6.92 Å². The third kappa shape index (κ3) is 10.5. The van der Waals surface area contributed by atoms with Gasteiger partial charge in [-0.3, -0.25) is 4.79 Å². The van der Waals surface area contributed by atoms with Crippen molar-refractivity contribution in [3.05, 3.63) is 0 Å². The SMILES string of the molecule is C/C(=N/OCCC(=O)NCCC(C)(C)C)C(C)(C)C. The minimum absolute atomic E-state index is 0.00890. The lowest BCUT2D eigenvalue weighted by atomic mass is 9.91. The number of nitrogens with zero attached hydrogens (tertiary/aromatic N) is 1. The van der Waals surface area contributed by atoms with Gasteiger partial charge < -0.3 is 10.2 Å². The van der Waals surface area contributed by atoms with E-state index < -0.39 is 0 Å². The van der Waals surface area contributed by atoms with Crippen LogP contribution in [0.15, 0.2) is 5.16 Å². The molecule has 0 bridgehead atoms. The Hall–Kier alpha value is -1.06. The first-order valence-corrected chi connectivity index (χ1v) is 6.96. The maximum absolute atomic E-state index is 11.5. The predicted octanol–water partition coefficient (Wildman–Crippen LogP) is 3.37. The summed E-state index contributed by atoms with van der Waals surface area (Å²) >= 11 is 0. The summed E-state index contributed by atoms with van der Waals surface area (Å²) in [6, 6.07) is 0. The lowest BCUT2D eigenvalue weighted by molar-refractivity contribution is -0.122. The second-order valence-corrected chi connectivity index (χ2v) is 7.17. The van der Waals surface area contributed by atoms with Crippen molar-refractivity contribution < 1.29 is 9.63 Å². The molecule has 0 rings (SSSR count). The van der Waals surface area contributed by atoms with Crippen molar-refractivity contribution in [3.8, 4) is 0 Å². The van der Waals surface area contributed by atoms with Crippen molar-refractivity contribution in [2.24, 2.45) is 16.0 Å². The van der Waals surface area contributed by atoms with Gasteiger partial charge in [0.05, 0.1) is 12.1 Å². The molecule has 1 amide bonds. The van der Waals surface area contributed by atoms with E-state index in [9.17, 15) is 4.79 Å². The molecule has 112 valence electrons. The van der Waals surface area contributed by atoms with Crippen LogP contribution in [-0.2, 0) is 9.63 Å². The second kappa shape index (κ2) is 7.51. The first-order valence-electron chi connectivity index (χ1n) is 6.96. The van der Waals surface area contributed by atoms with Crippen LogP contribution < -0.4 is 5.32 Å². The van der Waals surface area contributed by atoms with E-state index in [-0.39, 0.29) is 16.7 Å². The van der Waals surface area contributed by atoms with Crippen LogP contribution in [-0.4, -0.2) is 24.8 Å². The highest BCUT2D eigenvalue weighted by molar-refractivity contribution is 5.86. The summed E-state index contributed by atoms with van der Waals surface area (Å²) in [6.45, 7) is 15.7. The lowest BCUT2D eigenvalue weighted by Crippen LogP contribution is -2.27. The van der Waals surface area contributed by atoms with Gasteiger partial charge in [-0.1, -0.05) is 46.7 Å². The summed E-state index contributed by atoms with van der Waals surface area (Å²) in [6.07, 6.45) is 1.33. The Balaban J connectivity index is 3.76. The molecule has 4 nitrogen and oxygen atoms in total. The molecule has 0 saturated heterocycles. The number of carbonyl (C=O) groups excluding carboxylic acids is 1. The molecule has 4 heteroatoms. The first-order chi connectivity index (χ1) is 8.52. The van der Waals surface area contributed by atoms with E-state index in [0.29, 0.717) is 19.6 Å². The smallest absolute Gasteiger partial charge is 0.223 e. The molecule has 0 aromatic rings. The van der Waals surface area contributed by atoms with E-state index in [4.69, 9.17) is 4.84 Å². The molecule has 0 heterocycles. The largest absolute Gasteiger partial charge is 0.395 e. The van der Waals surface area contributed by atoms with Crippen LogP contribution in [0, 0.1) is 10.8 Å². The van der Waals surface area contributed by atoms with E-state index in [0.717, 1.165) is 12.1 Å². The number of amides is 1. The monoisotopic (exact) mass is 270 g/mol. The quantitative estimate of drug-likeness (QED) is 0.457. The van der Waals surface area contributed by atoms with Gasteiger partial charge in [0.1, 0.15) is 6.61 Å². The van der Waals surface area contributed by atoms with Crippen LogP contribution in [0.25, 0.3) is 0 Å². The number of carbonyl (C=O) groups is 1. The number of hydrogen-bond acceptors (Lipinski definition) is 3. The van der Waals surface area contributed by atoms with Crippen LogP contribution in [0.3, 0.4) is 0 Å². The van der Waals surface area contributed by atoms with Gasteiger partial charge in [-0.25, -0.2) is 0 Å². The summed E-state index contributed by atoms with van der Waals surface area (Å²) in [7, 11) is 0. The fourth-order valence-electron chi connectivity index (χ4n) is 1.08. The maximum atomic E-state index is 11.5. The van der Waals surface area contributed by atoms with E-state index in [1.165, 1.54) is 0 Å². The second-order valence-electron chi connectivity index (χ2n) is 7.17. The topological polar surface area (TPSA) is 50.7 Å². The van der Waals surface area contributed by atoms with Crippen LogP contribution >= 0.6 is 0 Å². The predicted molar refractivity (Wildman–Crippen MR) is 80.2 cm³/mol. The highest BCUT2D eigenvalue weighted by Crippen LogP contribution is 2.17. The molecule has 0 saturated carbocycles. The molecule has 0 unspecified atom stereocenters. The van der Waals surface area contributed by atoms with Gasteiger partial charge in [0.2, 0.25) is 5.91 Å². The third-order valence-electron chi connectivity index (χ3n) is 2.90. The summed E-state index contributed by atoms with van der Waals surface area (Å²) in [4.78, 5) is 16.7.